The van der Waals surface area contributed by atoms with Crippen LogP contribution in [0.15, 0.2) is 17.1 Å². The Hall–Kier alpha value is -1.99. The molecule has 138 valence electrons. The number of fused-ring (bicyclic) bond motifs is 2. The third kappa shape index (κ3) is 2.99. The highest BCUT2D eigenvalue weighted by atomic mass is 16.5. The van der Waals surface area contributed by atoms with Crippen molar-refractivity contribution in [3.63, 3.8) is 0 Å². The summed E-state index contributed by atoms with van der Waals surface area (Å²) in [5, 5.41) is 9.11. The van der Waals surface area contributed by atoms with Gasteiger partial charge in [0.05, 0.1) is 43.9 Å². The summed E-state index contributed by atoms with van der Waals surface area (Å²) in [5.74, 6) is 0.504. The summed E-state index contributed by atoms with van der Waals surface area (Å²) in [7, 11) is 0. The Morgan fingerprint density at radius 1 is 1.23 bits per heavy atom. The molecule has 2 aromatic rings. The van der Waals surface area contributed by atoms with Gasteiger partial charge in [-0.1, -0.05) is 0 Å². The van der Waals surface area contributed by atoms with Crippen molar-refractivity contribution >= 4 is 0 Å². The Kier molecular flexibility index (Phi) is 4.13. The molecular weight excluding hydrogens is 330 g/mol. The van der Waals surface area contributed by atoms with Crippen LogP contribution in [-0.2, 0) is 43.8 Å². The first-order valence-electron chi connectivity index (χ1n) is 9.70. The van der Waals surface area contributed by atoms with Crippen molar-refractivity contribution in [3.05, 3.63) is 45.1 Å². The Morgan fingerprint density at radius 2 is 2.12 bits per heavy atom. The van der Waals surface area contributed by atoms with Crippen LogP contribution in [0.4, 0.5) is 0 Å². The molecule has 2 aliphatic heterocycles. The van der Waals surface area contributed by atoms with E-state index in [1.165, 1.54) is 29.7 Å². The molecule has 5 rings (SSSR count). The molecule has 1 fully saturated rings. The Labute approximate surface area is 152 Å². The van der Waals surface area contributed by atoms with Crippen molar-refractivity contribution in [1.82, 2.24) is 24.5 Å². The summed E-state index contributed by atoms with van der Waals surface area (Å²) in [4.78, 5) is 14.7. The molecule has 0 aromatic carbocycles. The van der Waals surface area contributed by atoms with Crippen LogP contribution in [0.25, 0.3) is 0 Å². The molecule has 7 nitrogen and oxygen atoms in total. The SMILES string of the molecule is O=c1cc2c(nn1CC1CN(Cc3cnn4c3COCC4)C1)CCCC2. The van der Waals surface area contributed by atoms with E-state index >= 15 is 0 Å². The van der Waals surface area contributed by atoms with Gasteiger partial charge < -0.3 is 4.74 Å². The summed E-state index contributed by atoms with van der Waals surface area (Å²) in [6.45, 7) is 5.95. The second-order valence-corrected chi connectivity index (χ2v) is 7.80. The van der Waals surface area contributed by atoms with Gasteiger partial charge in [-0.25, -0.2) is 4.68 Å². The third-order valence-electron chi connectivity index (χ3n) is 5.85. The molecule has 1 aliphatic carbocycles. The van der Waals surface area contributed by atoms with Crippen molar-refractivity contribution in [2.24, 2.45) is 5.92 Å². The Morgan fingerprint density at radius 3 is 3.04 bits per heavy atom. The molecule has 4 heterocycles. The second-order valence-electron chi connectivity index (χ2n) is 7.80. The van der Waals surface area contributed by atoms with Gasteiger partial charge in [-0.15, -0.1) is 0 Å². The van der Waals surface area contributed by atoms with Gasteiger partial charge in [-0.3, -0.25) is 14.4 Å². The molecule has 3 aliphatic rings. The maximum atomic E-state index is 12.3. The van der Waals surface area contributed by atoms with E-state index in [0.29, 0.717) is 12.5 Å². The second kappa shape index (κ2) is 6.63. The van der Waals surface area contributed by atoms with E-state index in [1.807, 2.05) is 12.3 Å². The quantitative estimate of drug-likeness (QED) is 0.818. The van der Waals surface area contributed by atoms with Gasteiger partial charge in [0.25, 0.3) is 5.56 Å². The molecule has 0 N–H and O–H groups in total. The maximum Gasteiger partial charge on any atom is 0.267 e. The van der Waals surface area contributed by atoms with Crippen molar-refractivity contribution in [3.8, 4) is 0 Å². The maximum absolute atomic E-state index is 12.3. The van der Waals surface area contributed by atoms with Crippen LogP contribution >= 0.6 is 0 Å². The predicted molar refractivity (Wildman–Crippen MR) is 95.8 cm³/mol. The number of hydrogen-bond donors (Lipinski definition) is 0. The first-order chi connectivity index (χ1) is 12.8. The highest BCUT2D eigenvalue weighted by molar-refractivity contribution is 5.20. The van der Waals surface area contributed by atoms with Crippen molar-refractivity contribution in [2.75, 3.05) is 19.7 Å². The molecule has 0 amide bonds. The monoisotopic (exact) mass is 355 g/mol. The molecule has 0 bridgehead atoms. The van der Waals surface area contributed by atoms with E-state index in [1.54, 1.807) is 4.68 Å². The van der Waals surface area contributed by atoms with Gasteiger partial charge in [0, 0.05) is 37.2 Å². The van der Waals surface area contributed by atoms with E-state index < -0.39 is 0 Å². The normalized spacial score (nSPS) is 20.5. The molecule has 2 aromatic heterocycles. The average molecular weight is 355 g/mol. The summed E-state index contributed by atoms with van der Waals surface area (Å²) in [6.07, 6.45) is 6.37. The zero-order chi connectivity index (χ0) is 17.5. The minimum absolute atomic E-state index is 0.0620. The molecule has 0 spiro atoms. The van der Waals surface area contributed by atoms with Crippen LogP contribution in [-0.4, -0.2) is 44.2 Å². The van der Waals surface area contributed by atoms with Crippen molar-refractivity contribution in [2.45, 2.75) is 51.9 Å². The van der Waals surface area contributed by atoms with Gasteiger partial charge in [-0.05, 0) is 31.2 Å². The van der Waals surface area contributed by atoms with Gasteiger partial charge in [0.1, 0.15) is 0 Å². The molecule has 7 heteroatoms. The molecule has 0 unspecified atom stereocenters. The summed E-state index contributed by atoms with van der Waals surface area (Å²) in [5.41, 5.74) is 4.85. The number of aryl methyl sites for hydroxylation is 2. The lowest BCUT2D eigenvalue weighted by Gasteiger charge is -2.39. The predicted octanol–water partition coefficient (Wildman–Crippen LogP) is 0.981. The number of ether oxygens (including phenoxy) is 1. The first kappa shape index (κ1) is 16.2. The fourth-order valence-electron chi connectivity index (χ4n) is 4.40. The van der Waals surface area contributed by atoms with Crippen LogP contribution in [0.1, 0.15) is 35.4 Å². The highest BCUT2D eigenvalue weighted by Gasteiger charge is 2.29. The molecule has 0 atom stereocenters. The first-order valence-corrected chi connectivity index (χ1v) is 9.70. The van der Waals surface area contributed by atoms with E-state index in [-0.39, 0.29) is 5.56 Å². The molecule has 26 heavy (non-hydrogen) atoms. The molecular formula is C19H25N5O2. The minimum Gasteiger partial charge on any atom is -0.373 e. The van der Waals surface area contributed by atoms with E-state index in [9.17, 15) is 4.79 Å². The standard InChI is InChI=1S/C19H25N5O2/c25-19-7-15-3-1-2-4-17(15)21-24(19)11-14-9-22(10-14)12-16-8-20-23-5-6-26-13-18(16)23/h7-8,14H,1-6,9-13H2. The third-order valence-corrected chi connectivity index (χ3v) is 5.85. The Bertz CT molecular complexity index is 865. The van der Waals surface area contributed by atoms with E-state index in [4.69, 9.17) is 4.74 Å². The molecule has 1 saturated heterocycles. The molecule has 0 radical (unpaired) electrons. The Balaban J connectivity index is 1.20. The average Bonchev–Trinajstić information content (AvgIpc) is 3.03. The smallest absolute Gasteiger partial charge is 0.267 e. The fourth-order valence-corrected chi connectivity index (χ4v) is 4.40. The van der Waals surface area contributed by atoms with Crippen molar-refractivity contribution in [1.29, 1.82) is 0 Å². The fraction of sp³-hybridized carbons (Fsp3) is 0.632. The van der Waals surface area contributed by atoms with Gasteiger partial charge >= 0.3 is 0 Å². The molecule has 0 saturated carbocycles. The number of aromatic nitrogens is 4. The van der Waals surface area contributed by atoms with Crippen molar-refractivity contribution < 1.29 is 4.74 Å². The van der Waals surface area contributed by atoms with Gasteiger partial charge in [-0.2, -0.15) is 10.2 Å². The summed E-state index contributed by atoms with van der Waals surface area (Å²) < 4.78 is 9.32. The minimum atomic E-state index is 0.0620. The zero-order valence-corrected chi connectivity index (χ0v) is 15.1. The van der Waals surface area contributed by atoms with E-state index in [2.05, 4.69) is 19.8 Å². The van der Waals surface area contributed by atoms with Gasteiger partial charge in [0.2, 0.25) is 0 Å². The van der Waals surface area contributed by atoms with Crippen LogP contribution in [0.2, 0.25) is 0 Å². The number of hydrogen-bond acceptors (Lipinski definition) is 5. The number of rotatable bonds is 4. The lowest BCUT2D eigenvalue weighted by Crippen LogP contribution is -2.49. The van der Waals surface area contributed by atoms with E-state index in [0.717, 1.165) is 57.9 Å². The lowest BCUT2D eigenvalue weighted by atomic mass is 9.96. The summed E-state index contributed by atoms with van der Waals surface area (Å²) >= 11 is 0. The zero-order valence-electron chi connectivity index (χ0n) is 15.1. The van der Waals surface area contributed by atoms with Crippen LogP contribution in [0, 0.1) is 5.92 Å². The van der Waals surface area contributed by atoms with Crippen LogP contribution in [0.5, 0.6) is 0 Å². The highest BCUT2D eigenvalue weighted by Crippen LogP contribution is 2.23. The lowest BCUT2D eigenvalue weighted by molar-refractivity contribution is 0.0672. The van der Waals surface area contributed by atoms with Crippen LogP contribution < -0.4 is 5.56 Å². The topological polar surface area (TPSA) is 65.2 Å². The van der Waals surface area contributed by atoms with Gasteiger partial charge in [0.15, 0.2) is 0 Å². The summed E-state index contributed by atoms with van der Waals surface area (Å²) in [6, 6.07) is 1.82. The number of nitrogens with zero attached hydrogens (tertiary/aromatic N) is 5. The number of likely N-dealkylation sites (tertiary alicyclic amines) is 1. The van der Waals surface area contributed by atoms with Crippen LogP contribution in [0.3, 0.4) is 0 Å². The largest absolute Gasteiger partial charge is 0.373 e.